The molecule has 2 fully saturated rings. The average molecular weight is 668 g/mol. The van der Waals surface area contributed by atoms with E-state index in [4.69, 9.17) is 10.5 Å². The van der Waals surface area contributed by atoms with Crippen LogP contribution in [0.15, 0.2) is 79.1 Å². The molecule has 1 atom stereocenters. The second-order valence-corrected chi connectivity index (χ2v) is 14.9. The molecule has 0 saturated carbocycles. The zero-order valence-electron chi connectivity index (χ0n) is 30.6. The molecule has 0 spiro atoms. The van der Waals surface area contributed by atoms with Crippen molar-refractivity contribution in [1.82, 2.24) is 19.7 Å². The monoisotopic (exact) mass is 667 g/mol. The molecule has 2 N–H and O–H groups in total. The van der Waals surface area contributed by atoms with Gasteiger partial charge in [0.1, 0.15) is 11.2 Å². The fourth-order valence-corrected chi connectivity index (χ4v) is 8.49. The Hall–Kier alpha value is -3.26. The van der Waals surface area contributed by atoms with Crippen LogP contribution in [0.3, 0.4) is 0 Å². The minimum absolute atomic E-state index is 0.162. The third-order valence-electron chi connectivity index (χ3n) is 10.9. The molecule has 0 radical (unpaired) electrons. The lowest BCUT2D eigenvalue weighted by atomic mass is 9.64. The average Bonchev–Trinajstić information content (AvgIpc) is 3.57. The van der Waals surface area contributed by atoms with E-state index < -0.39 is 5.41 Å². The normalized spacial score (nSPS) is 18.1. The molecule has 266 valence electrons. The van der Waals surface area contributed by atoms with Crippen LogP contribution in [0.5, 0.6) is 5.75 Å². The van der Waals surface area contributed by atoms with E-state index in [-0.39, 0.29) is 17.9 Å². The number of hydrogen-bond acceptors (Lipinski definition) is 6. The summed E-state index contributed by atoms with van der Waals surface area (Å²) in [6.07, 6.45) is 13.7. The molecule has 5 rings (SSSR count). The summed E-state index contributed by atoms with van der Waals surface area (Å²) >= 11 is 0. The maximum absolute atomic E-state index is 13.4. The molecule has 1 amide bonds. The Labute approximate surface area is 296 Å². The second-order valence-electron chi connectivity index (χ2n) is 14.9. The Morgan fingerprint density at radius 1 is 0.857 bits per heavy atom. The van der Waals surface area contributed by atoms with E-state index in [9.17, 15) is 4.79 Å². The number of ether oxygens (including phenoxy) is 1. The molecule has 7 nitrogen and oxygen atoms in total. The van der Waals surface area contributed by atoms with Gasteiger partial charge in [-0.15, -0.1) is 0 Å². The number of aromatic nitrogens is 1. The first-order valence-corrected chi connectivity index (χ1v) is 19.0. The van der Waals surface area contributed by atoms with Gasteiger partial charge in [0.15, 0.2) is 0 Å². The van der Waals surface area contributed by atoms with E-state index >= 15 is 0 Å². The molecule has 0 aliphatic carbocycles. The van der Waals surface area contributed by atoms with Crippen LogP contribution in [-0.4, -0.2) is 83.0 Å². The second kappa shape index (κ2) is 18.1. The summed E-state index contributed by atoms with van der Waals surface area (Å²) in [6, 6.07) is 23.7. The van der Waals surface area contributed by atoms with Gasteiger partial charge in [0.2, 0.25) is 5.91 Å². The van der Waals surface area contributed by atoms with Gasteiger partial charge >= 0.3 is 0 Å². The van der Waals surface area contributed by atoms with Gasteiger partial charge in [0.25, 0.3) is 0 Å². The van der Waals surface area contributed by atoms with Crippen molar-refractivity contribution in [2.45, 2.75) is 109 Å². The number of hydrogen-bond donors (Lipinski definition) is 1. The highest BCUT2D eigenvalue weighted by Gasteiger charge is 2.49. The predicted octanol–water partition coefficient (Wildman–Crippen LogP) is 7.29. The van der Waals surface area contributed by atoms with E-state index in [1.165, 1.54) is 57.1 Å². The predicted molar refractivity (Wildman–Crippen MR) is 201 cm³/mol. The Bertz CT molecular complexity index is 1370. The van der Waals surface area contributed by atoms with Gasteiger partial charge in [-0.05, 0) is 116 Å². The molecular formula is C42H61N5O2. The summed E-state index contributed by atoms with van der Waals surface area (Å²) in [5.41, 5.74) is 8.71. The Morgan fingerprint density at radius 2 is 1.47 bits per heavy atom. The molecule has 0 bridgehead atoms. The topological polar surface area (TPSA) is 74.9 Å². The maximum Gasteiger partial charge on any atom is 0.232 e. The number of nitrogens with two attached hydrogens (primary N) is 1. The summed E-state index contributed by atoms with van der Waals surface area (Å²) in [5.74, 6) is 0.889. The molecule has 2 saturated heterocycles. The largest absolute Gasteiger partial charge is 0.491 e. The third-order valence-corrected chi connectivity index (χ3v) is 10.9. The summed E-state index contributed by atoms with van der Waals surface area (Å²) < 4.78 is 6.04. The lowest BCUT2D eigenvalue weighted by Gasteiger charge is -2.40. The smallest absolute Gasteiger partial charge is 0.232 e. The lowest BCUT2D eigenvalue weighted by molar-refractivity contribution is -0.123. The van der Waals surface area contributed by atoms with E-state index in [2.05, 4.69) is 71.6 Å². The Kier molecular flexibility index (Phi) is 13.7. The number of piperidine rings is 1. The molecule has 2 aliphatic rings. The Balaban J connectivity index is 1.03. The first kappa shape index (κ1) is 37.0. The van der Waals surface area contributed by atoms with Crippen molar-refractivity contribution in [2.24, 2.45) is 11.7 Å². The first-order chi connectivity index (χ1) is 23.8. The zero-order chi connectivity index (χ0) is 34.6. The zero-order valence-corrected chi connectivity index (χ0v) is 30.6. The number of pyridine rings is 1. The number of rotatable bonds is 18. The van der Waals surface area contributed by atoms with Crippen molar-refractivity contribution in [2.75, 3.05) is 39.3 Å². The third kappa shape index (κ3) is 9.50. The Morgan fingerprint density at radius 3 is 2.08 bits per heavy atom. The van der Waals surface area contributed by atoms with Crippen molar-refractivity contribution in [3.05, 3.63) is 95.8 Å². The van der Waals surface area contributed by atoms with Crippen LogP contribution in [-0.2, 0) is 16.8 Å². The van der Waals surface area contributed by atoms with Crippen LogP contribution >= 0.6 is 0 Å². The molecule has 49 heavy (non-hydrogen) atoms. The van der Waals surface area contributed by atoms with Gasteiger partial charge < -0.3 is 15.4 Å². The number of benzene rings is 2. The van der Waals surface area contributed by atoms with Crippen molar-refractivity contribution in [3.63, 3.8) is 0 Å². The minimum atomic E-state index is -0.804. The standard InChI is InChI=1S/C42H61N5O2/c1-33(2)47(39-22-28-46(29-23-39)31-35-30-44-24-20-40(35)49-34(3)4)26-15-7-5-6-14-25-45-27-21-38(32-45)42(41(43)48,36-16-10-8-11-17-36)37-18-12-9-13-19-37/h8-13,16-20,24,30,33-34,38-39H,5-7,14-15,21-23,25-29,31-32H2,1-4H3,(H2,43,48)/t38-/m1/s1. The van der Waals surface area contributed by atoms with E-state index in [1.54, 1.807) is 0 Å². The van der Waals surface area contributed by atoms with Crippen LogP contribution < -0.4 is 10.5 Å². The highest BCUT2D eigenvalue weighted by Crippen LogP contribution is 2.43. The minimum Gasteiger partial charge on any atom is -0.491 e. The van der Waals surface area contributed by atoms with Gasteiger partial charge in [0, 0.05) is 43.1 Å². The number of carbonyl (C=O) groups is 1. The van der Waals surface area contributed by atoms with Crippen molar-refractivity contribution >= 4 is 5.91 Å². The molecule has 2 aromatic carbocycles. The van der Waals surface area contributed by atoms with E-state index in [0.29, 0.717) is 12.1 Å². The van der Waals surface area contributed by atoms with Gasteiger partial charge in [-0.2, -0.15) is 0 Å². The van der Waals surface area contributed by atoms with Crippen molar-refractivity contribution in [3.8, 4) is 5.75 Å². The van der Waals surface area contributed by atoms with Gasteiger partial charge in [-0.1, -0.05) is 79.9 Å². The summed E-state index contributed by atoms with van der Waals surface area (Å²) in [4.78, 5) is 25.7. The molecule has 3 heterocycles. The SMILES string of the molecule is CC(C)Oc1ccncc1CN1CCC(N(CCCCCCCN2CC[C@@H](C(C(N)=O)(c3ccccc3)c3ccccc3)C2)C(C)C)CC1. The molecular weight excluding hydrogens is 606 g/mol. The number of nitrogens with zero attached hydrogens (tertiary/aromatic N) is 4. The van der Waals surface area contributed by atoms with Crippen LogP contribution in [0.2, 0.25) is 0 Å². The first-order valence-electron chi connectivity index (χ1n) is 19.0. The highest BCUT2D eigenvalue weighted by molar-refractivity contribution is 5.91. The summed E-state index contributed by atoms with van der Waals surface area (Å²) in [5, 5.41) is 0. The van der Waals surface area contributed by atoms with Crippen molar-refractivity contribution in [1.29, 1.82) is 0 Å². The van der Waals surface area contributed by atoms with E-state index in [1.807, 2.05) is 54.9 Å². The van der Waals surface area contributed by atoms with Crippen LogP contribution in [0.25, 0.3) is 0 Å². The molecule has 0 unspecified atom stereocenters. The fourth-order valence-electron chi connectivity index (χ4n) is 8.49. The molecule has 3 aromatic rings. The summed E-state index contributed by atoms with van der Waals surface area (Å²) in [6.45, 7) is 16.3. The molecule has 1 aromatic heterocycles. The van der Waals surface area contributed by atoms with E-state index in [0.717, 1.165) is 62.6 Å². The maximum atomic E-state index is 13.4. The number of likely N-dealkylation sites (tertiary alicyclic amines) is 2. The number of unbranched alkanes of at least 4 members (excludes halogenated alkanes) is 4. The number of amides is 1. The summed E-state index contributed by atoms with van der Waals surface area (Å²) in [7, 11) is 0. The van der Waals surface area contributed by atoms with Gasteiger partial charge in [0.05, 0.1) is 6.10 Å². The lowest BCUT2D eigenvalue weighted by Crippen LogP contribution is -2.49. The number of primary amides is 1. The van der Waals surface area contributed by atoms with Crippen molar-refractivity contribution < 1.29 is 9.53 Å². The molecule has 7 heteroatoms. The fraction of sp³-hybridized carbons (Fsp3) is 0.571. The highest BCUT2D eigenvalue weighted by atomic mass is 16.5. The molecule has 2 aliphatic heterocycles. The van der Waals surface area contributed by atoms with Crippen LogP contribution in [0.4, 0.5) is 0 Å². The van der Waals surface area contributed by atoms with Crippen LogP contribution in [0.1, 0.15) is 95.8 Å². The van der Waals surface area contributed by atoms with Gasteiger partial charge in [-0.25, -0.2) is 0 Å². The van der Waals surface area contributed by atoms with Crippen LogP contribution in [0, 0.1) is 5.92 Å². The quantitative estimate of drug-likeness (QED) is 0.144. The number of carbonyl (C=O) groups excluding carboxylic acids is 1. The van der Waals surface area contributed by atoms with Gasteiger partial charge in [-0.3, -0.25) is 19.6 Å².